The van der Waals surface area contributed by atoms with Gasteiger partial charge in [-0.05, 0) is 54.5 Å². The lowest BCUT2D eigenvalue weighted by atomic mass is 9.98. The fraction of sp³-hybridized carbons (Fsp3) is 0.375. The zero-order valence-corrected chi connectivity index (χ0v) is 18.4. The lowest BCUT2D eigenvalue weighted by molar-refractivity contribution is -0.137. The van der Waals surface area contributed by atoms with E-state index in [2.05, 4.69) is 22.3 Å². The molecule has 1 aromatic carbocycles. The second-order valence-corrected chi connectivity index (χ2v) is 8.49. The fourth-order valence-corrected chi connectivity index (χ4v) is 4.71. The minimum absolute atomic E-state index is 0.123. The van der Waals surface area contributed by atoms with E-state index in [1.165, 1.54) is 5.56 Å². The Morgan fingerprint density at radius 2 is 2.10 bits per heavy atom. The highest BCUT2D eigenvalue weighted by atomic mass is 32.1. The van der Waals surface area contributed by atoms with Crippen molar-refractivity contribution in [1.29, 1.82) is 0 Å². The van der Waals surface area contributed by atoms with Gasteiger partial charge < -0.3 is 14.6 Å². The Balaban J connectivity index is 1.21. The Morgan fingerprint density at radius 1 is 1.23 bits per heavy atom. The molecular weight excluding hydrogens is 412 g/mol. The van der Waals surface area contributed by atoms with Crippen molar-refractivity contribution in [2.45, 2.75) is 44.9 Å². The van der Waals surface area contributed by atoms with Crippen molar-refractivity contribution >= 4 is 17.3 Å². The number of aryl methyl sites for hydroxylation is 2. The largest absolute Gasteiger partial charge is 0.493 e. The molecule has 0 unspecified atom stereocenters. The Labute approximate surface area is 185 Å². The van der Waals surface area contributed by atoms with E-state index in [4.69, 9.17) is 14.6 Å². The van der Waals surface area contributed by atoms with Crippen molar-refractivity contribution in [3.05, 3.63) is 58.7 Å². The normalized spacial score (nSPS) is 14.9. The summed E-state index contributed by atoms with van der Waals surface area (Å²) in [5.41, 5.74) is 4.46. The van der Waals surface area contributed by atoms with Crippen LogP contribution >= 0.6 is 11.3 Å². The number of aliphatic carboxylic acids is 1. The summed E-state index contributed by atoms with van der Waals surface area (Å²) in [7, 11) is 0. The first-order chi connectivity index (χ1) is 15.1. The molecule has 3 aromatic rings. The van der Waals surface area contributed by atoms with Gasteiger partial charge in [-0.2, -0.15) is 0 Å². The SMILES string of the molecule is CCc1csc(-c2ccc(OCCCOc3ccc4c(c3)CC[C@H]4CC(=O)O)nc2)n1. The van der Waals surface area contributed by atoms with Crippen LogP contribution < -0.4 is 9.47 Å². The summed E-state index contributed by atoms with van der Waals surface area (Å²) in [6, 6.07) is 9.85. The molecule has 0 bridgehead atoms. The van der Waals surface area contributed by atoms with Crippen LogP contribution in [0.15, 0.2) is 41.9 Å². The molecule has 0 radical (unpaired) electrons. The molecule has 31 heavy (non-hydrogen) atoms. The smallest absolute Gasteiger partial charge is 0.303 e. The maximum atomic E-state index is 11.0. The molecular formula is C24H26N2O4S. The second-order valence-electron chi connectivity index (χ2n) is 7.63. The third-order valence-corrected chi connectivity index (χ3v) is 6.38. The van der Waals surface area contributed by atoms with Crippen molar-refractivity contribution < 1.29 is 19.4 Å². The van der Waals surface area contributed by atoms with E-state index in [9.17, 15) is 4.79 Å². The Bertz CT molecular complexity index is 1030. The highest BCUT2D eigenvalue weighted by Crippen LogP contribution is 2.37. The Kier molecular flexibility index (Phi) is 6.82. The maximum Gasteiger partial charge on any atom is 0.303 e. The van der Waals surface area contributed by atoms with E-state index in [0.29, 0.717) is 19.1 Å². The molecule has 2 aromatic heterocycles. The summed E-state index contributed by atoms with van der Waals surface area (Å²) in [5, 5.41) is 12.1. The topological polar surface area (TPSA) is 81.5 Å². The van der Waals surface area contributed by atoms with Gasteiger partial charge in [-0.1, -0.05) is 13.0 Å². The molecule has 0 spiro atoms. The molecule has 0 saturated heterocycles. The summed E-state index contributed by atoms with van der Waals surface area (Å²) in [5.74, 6) is 0.805. The second kappa shape index (κ2) is 9.92. The van der Waals surface area contributed by atoms with Crippen LogP contribution in [0.3, 0.4) is 0 Å². The number of nitrogens with zero attached hydrogens (tertiary/aromatic N) is 2. The molecule has 1 aliphatic rings. The number of carbonyl (C=O) groups is 1. The first-order valence-electron chi connectivity index (χ1n) is 10.6. The molecule has 6 nitrogen and oxygen atoms in total. The van der Waals surface area contributed by atoms with E-state index < -0.39 is 5.97 Å². The summed E-state index contributed by atoms with van der Waals surface area (Å²) >= 11 is 1.63. The van der Waals surface area contributed by atoms with E-state index in [1.54, 1.807) is 17.5 Å². The zero-order valence-electron chi connectivity index (χ0n) is 17.5. The van der Waals surface area contributed by atoms with Crippen molar-refractivity contribution in [3.8, 4) is 22.2 Å². The predicted molar refractivity (Wildman–Crippen MR) is 120 cm³/mol. The van der Waals surface area contributed by atoms with Crippen LogP contribution in [-0.2, 0) is 17.6 Å². The average Bonchev–Trinajstić information content (AvgIpc) is 3.41. The van der Waals surface area contributed by atoms with Crippen molar-refractivity contribution in [3.63, 3.8) is 0 Å². The number of ether oxygens (including phenoxy) is 2. The minimum atomic E-state index is -0.740. The zero-order chi connectivity index (χ0) is 21.6. The maximum absolute atomic E-state index is 11.0. The van der Waals surface area contributed by atoms with Gasteiger partial charge in [-0.15, -0.1) is 11.3 Å². The average molecular weight is 439 g/mol. The van der Waals surface area contributed by atoms with Gasteiger partial charge in [0.25, 0.3) is 0 Å². The number of rotatable bonds is 10. The number of aromatic nitrogens is 2. The Hall–Kier alpha value is -2.93. The van der Waals surface area contributed by atoms with Gasteiger partial charge in [-0.25, -0.2) is 9.97 Å². The number of fused-ring (bicyclic) bond motifs is 1. The fourth-order valence-electron chi connectivity index (χ4n) is 3.81. The lowest BCUT2D eigenvalue weighted by Gasteiger charge is -2.11. The molecule has 7 heteroatoms. The summed E-state index contributed by atoms with van der Waals surface area (Å²) < 4.78 is 11.6. The van der Waals surface area contributed by atoms with E-state index in [0.717, 1.165) is 53.3 Å². The van der Waals surface area contributed by atoms with Crippen LogP contribution in [-0.4, -0.2) is 34.3 Å². The first kappa shape index (κ1) is 21.3. The van der Waals surface area contributed by atoms with Crippen LogP contribution in [0.4, 0.5) is 0 Å². The highest BCUT2D eigenvalue weighted by molar-refractivity contribution is 7.13. The van der Waals surface area contributed by atoms with Gasteiger partial charge >= 0.3 is 5.97 Å². The van der Waals surface area contributed by atoms with Crippen LogP contribution in [0.1, 0.15) is 48.9 Å². The van der Waals surface area contributed by atoms with Crippen LogP contribution in [0.5, 0.6) is 11.6 Å². The van der Waals surface area contributed by atoms with Crippen LogP contribution in [0, 0.1) is 0 Å². The molecule has 0 aliphatic heterocycles. The Morgan fingerprint density at radius 3 is 2.84 bits per heavy atom. The molecule has 2 heterocycles. The quantitative estimate of drug-likeness (QED) is 0.443. The van der Waals surface area contributed by atoms with Gasteiger partial charge in [0.15, 0.2) is 0 Å². The molecule has 0 amide bonds. The molecule has 0 saturated carbocycles. The lowest BCUT2D eigenvalue weighted by Crippen LogP contribution is -2.06. The van der Waals surface area contributed by atoms with Crippen molar-refractivity contribution in [1.82, 2.24) is 9.97 Å². The standard InChI is InChI=1S/C24H26N2O4S/c1-2-19-15-31-24(26-19)18-6-9-22(25-14-18)30-11-3-10-29-20-7-8-21-16(12-20)4-5-17(21)13-23(27)28/h6-9,12,14-15,17H,2-5,10-11,13H2,1H3,(H,27,28)/t17-/m0/s1. The van der Waals surface area contributed by atoms with Gasteiger partial charge in [0, 0.05) is 29.6 Å². The molecule has 1 atom stereocenters. The first-order valence-corrected chi connectivity index (χ1v) is 11.5. The summed E-state index contributed by atoms with van der Waals surface area (Å²) in [6.45, 7) is 3.17. The van der Waals surface area contributed by atoms with Gasteiger partial charge in [0.2, 0.25) is 5.88 Å². The molecule has 1 N–H and O–H groups in total. The van der Waals surface area contributed by atoms with Crippen molar-refractivity contribution in [2.24, 2.45) is 0 Å². The summed E-state index contributed by atoms with van der Waals surface area (Å²) in [4.78, 5) is 19.9. The minimum Gasteiger partial charge on any atom is -0.493 e. The van der Waals surface area contributed by atoms with E-state index in [1.807, 2.05) is 30.3 Å². The molecule has 0 fully saturated rings. The number of pyridine rings is 1. The van der Waals surface area contributed by atoms with Gasteiger partial charge in [0.05, 0.1) is 25.3 Å². The number of hydrogen-bond acceptors (Lipinski definition) is 6. The highest BCUT2D eigenvalue weighted by Gasteiger charge is 2.24. The third kappa shape index (κ3) is 5.41. The number of carboxylic acids is 1. The number of carboxylic acid groups (broad SMARTS) is 1. The van der Waals surface area contributed by atoms with Crippen molar-refractivity contribution in [2.75, 3.05) is 13.2 Å². The van der Waals surface area contributed by atoms with Crippen LogP contribution in [0.25, 0.3) is 10.6 Å². The number of hydrogen-bond donors (Lipinski definition) is 1. The van der Waals surface area contributed by atoms with Gasteiger partial charge in [0.1, 0.15) is 10.8 Å². The summed E-state index contributed by atoms with van der Waals surface area (Å²) in [6.07, 6.45) is 5.48. The predicted octanol–water partition coefficient (Wildman–Crippen LogP) is 5.12. The van der Waals surface area contributed by atoms with E-state index in [-0.39, 0.29) is 12.3 Å². The molecule has 162 valence electrons. The van der Waals surface area contributed by atoms with Crippen LogP contribution in [0.2, 0.25) is 0 Å². The van der Waals surface area contributed by atoms with Gasteiger partial charge in [-0.3, -0.25) is 4.79 Å². The molecule has 1 aliphatic carbocycles. The monoisotopic (exact) mass is 438 g/mol. The number of thiazole rings is 1. The van der Waals surface area contributed by atoms with E-state index >= 15 is 0 Å². The third-order valence-electron chi connectivity index (χ3n) is 5.44. The number of benzene rings is 1. The molecule has 4 rings (SSSR count).